The number of benzene rings is 1. The van der Waals surface area contributed by atoms with Gasteiger partial charge in [-0.3, -0.25) is 9.69 Å². The summed E-state index contributed by atoms with van der Waals surface area (Å²) in [4.78, 5) is 18.8. The first-order valence-electron chi connectivity index (χ1n) is 13.2. The molecule has 0 saturated heterocycles. The highest BCUT2D eigenvalue weighted by atomic mass is 16.7. The number of aromatic amines is 1. The highest BCUT2D eigenvalue weighted by Gasteiger charge is 2.34. The van der Waals surface area contributed by atoms with Crippen LogP contribution in [0.5, 0.6) is 11.5 Å². The van der Waals surface area contributed by atoms with Gasteiger partial charge in [-0.15, -0.1) is 5.10 Å². The zero-order valence-electron chi connectivity index (χ0n) is 20.4. The summed E-state index contributed by atoms with van der Waals surface area (Å²) in [5.41, 5.74) is 1.48. The Bertz CT molecular complexity index is 1240. The molecule has 0 unspecified atom stereocenters. The Morgan fingerprint density at radius 3 is 2.57 bits per heavy atom. The van der Waals surface area contributed by atoms with Crippen LogP contribution in [0.2, 0.25) is 0 Å². The number of nitrogens with one attached hydrogen (secondary N) is 1. The van der Waals surface area contributed by atoms with Crippen LogP contribution in [-0.4, -0.2) is 42.9 Å². The molecule has 2 aliphatic carbocycles. The van der Waals surface area contributed by atoms with Gasteiger partial charge in [0.15, 0.2) is 17.3 Å². The maximum atomic E-state index is 13.2. The summed E-state index contributed by atoms with van der Waals surface area (Å²) < 4.78 is 13.1. The molecule has 3 aliphatic rings. The van der Waals surface area contributed by atoms with E-state index in [4.69, 9.17) is 9.47 Å². The Labute approximate surface area is 204 Å². The van der Waals surface area contributed by atoms with Gasteiger partial charge in [0.2, 0.25) is 6.79 Å². The molecule has 2 fully saturated rings. The Morgan fingerprint density at radius 2 is 1.80 bits per heavy atom. The van der Waals surface area contributed by atoms with Gasteiger partial charge in [0.25, 0.3) is 5.56 Å². The number of rotatable bonds is 7. The van der Waals surface area contributed by atoms with Crippen molar-refractivity contribution in [2.45, 2.75) is 95.8 Å². The summed E-state index contributed by atoms with van der Waals surface area (Å²) in [7, 11) is 0. The summed E-state index contributed by atoms with van der Waals surface area (Å²) in [5, 5.41) is 14.0. The van der Waals surface area contributed by atoms with Gasteiger partial charge in [0.1, 0.15) is 0 Å². The lowest BCUT2D eigenvalue weighted by atomic mass is 9.92. The highest BCUT2D eigenvalue weighted by Crippen LogP contribution is 2.37. The monoisotopic (exact) mass is 478 g/mol. The highest BCUT2D eigenvalue weighted by molar-refractivity contribution is 5.83. The smallest absolute Gasteiger partial charge is 0.252 e. The van der Waals surface area contributed by atoms with E-state index in [1.807, 2.05) is 18.2 Å². The van der Waals surface area contributed by atoms with Gasteiger partial charge >= 0.3 is 0 Å². The van der Waals surface area contributed by atoms with Crippen molar-refractivity contribution in [1.29, 1.82) is 0 Å². The minimum Gasteiger partial charge on any atom is -0.454 e. The molecule has 1 aliphatic heterocycles. The summed E-state index contributed by atoms with van der Waals surface area (Å²) in [6.45, 7) is 2.99. The Hall–Kier alpha value is -2.94. The lowest BCUT2D eigenvalue weighted by molar-refractivity contribution is 0.0830. The molecule has 0 radical (unpaired) electrons. The number of ether oxygens (including phenoxy) is 2. The van der Waals surface area contributed by atoms with Gasteiger partial charge in [-0.25, -0.2) is 4.68 Å². The number of tetrazole rings is 1. The lowest BCUT2D eigenvalue weighted by Gasteiger charge is -2.39. The second-order valence-electron chi connectivity index (χ2n) is 10.2. The van der Waals surface area contributed by atoms with E-state index < -0.39 is 0 Å². The second kappa shape index (κ2) is 9.60. The van der Waals surface area contributed by atoms with Crippen LogP contribution in [-0.2, 0) is 6.54 Å². The predicted molar refractivity (Wildman–Crippen MR) is 131 cm³/mol. The summed E-state index contributed by atoms with van der Waals surface area (Å²) in [6.07, 6.45) is 11.7. The van der Waals surface area contributed by atoms with Crippen LogP contribution in [0.25, 0.3) is 10.9 Å². The zero-order chi connectivity index (χ0) is 23.8. The van der Waals surface area contributed by atoms with E-state index in [9.17, 15) is 4.79 Å². The van der Waals surface area contributed by atoms with Crippen LogP contribution in [0, 0.1) is 0 Å². The van der Waals surface area contributed by atoms with Gasteiger partial charge < -0.3 is 14.5 Å². The largest absolute Gasteiger partial charge is 0.454 e. The van der Waals surface area contributed by atoms with Crippen molar-refractivity contribution in [2.24, 2.45) is 0 Å². The number of pyridine rings is 1. The molecule has 0 spiro atoms. The van der Waals surface area contributed by atoms with Crippen molar-refractivity contribution in [3.8, 4) is 11.5 Å². The molecule has 6 rings (SSSR count). The van der Waals surface area contributed by atoms with Gasteiger partial charge in [0.05, 0.1) is 17.6 Å². The molecule has 186 valence electrons. The minimum absolute atomic E-state index is 0.0533. The fourth-order valence-corrected chi connectivity index (χ4v) is 6.26. The molecule has 2 aromatic heterocycles. The van der Waals surface area contributed by atoms with Crippen LogP contribution >= 0.6 is 0 Å². The Kier molecular flexibility index (Phi) is 6.18. The number of hydrogen-bond acceptors (Lipinski definition) is 7. The zero-order valence-corrected chi connectivity index (χ0v) is 20.4. The Morgan fingerprint density at radius 1 is 1.06 bits per heavy atom. The molecular formula is C26H34N6O3. The average molecular weight is 479 g/mol. The molecule has 1 N–H and O–H groups in total. The third-order valence-corrected chi connectivity index (χ3v) is 8.08. The standard InChI is InChI=1S/C26H34N6O3/c1-2-22(25-28-29-30-32(25)20-10-6-7-11-20)31(19-8-4-3-5-9-19)15-18-12-17-13-23-24(35-16-34-23)14-21(17)27-26(18)33/h12-14,19-20,22H,2-11,15-16H2,1H3,(H,27,33)/t22-/m1/s1. The van der Waals surface area contributed by atoms with E-state index in [0.717, 1.165) is 60.1 Å². The normalized spacial score (nSPS) is 19.7. The number of H-pyrrole nitrogens is 1. The van der Waals surface area contributed by atoms with E-state index in [0.29, 0.717) is 24.4 Å². The van der Waals surface area contributed by atoms with E-state index in [2.05, 4.69) is 37.0 Å². The molecule has 1 aromatic carbocycles. The quantitative estimate of drug-likeness (QED) is 0.528. The predicted octanol–water partition coefficient (Wildman–Crippen LogP) is 4.64. The molecule has 3 heterocycles. The summed E-state index contributed by atoms with van der Waals surface area (Å²) in [6, 6.07) is 6.69. The number of nitrogens with zero attached hydrogens (tertiary/aromatic N) is 5. The van der Waals surface area contributed by atoms with Crippen molar-refractivity contribution >= 4 is 10.9 Å². The fourth-order valence-electron chi connectivity index (χ4n) is 6.26. The summed E-state index contributed by atoms with van der Waals surface area (Å²) in [5.74, 6) is 2.35. The molecule has 3 aromatic rings. The van der Waals surface area contributed by atoms with Gasteiger partial charge in [-0.05, 0) is 54.7 Å². The number of hydrogen-bond donors (Lipinski definition) is 1. The van der Waals surface area contributed by atoms with Gasteiger partial charge in [-0.1, -0.05) is 39.0 Å². The van der Waals surface area contributed by atoms with E-state index >= 15 is 0 Å². The average Bonchev–Trinajstić information content (AvgIpc) is 3.65. The maximum Gasteiger partial charge on any atom is 0.252 e. The molecule has 9 nitrogen and oxygen atoms in total. The lowest BCUT2D eigenvalue weighted by Crippen LogP contribution is -2.41. The minimum atomic E-state index is -0.0533. The molecule has 0 bridgehead atoms. The van der Waals surface area contributed by atoms with E-state index in [1.54, 1.807) is 0 Å². The van der Waals surface area contributed by atoms with Gasteiger partial charge in [0, 0.05) is 29.6 Å². The topological polar surface area (TPSA) is 98.2 Å². The van der Waals surface area contributed by atoms with Crippen molar-refractivity contribution in [1.82, 2.24) is 30.1 Å². The molecular weight excluding hydrogens is 444 g/mol. The number of aromatic nitrogens is 5. The molecule has 35 heavy (non-hydrogen) atoms. The van der Waals surface area contributed by atoms with Crippen LogP contribution in [0.1, 0.15) is 94.6 Å². The van der Waals surface area contributed by atoms with E-state index in [-0.39, 0.29) is 18.4 Å². The summed E-state index contributed by atoms with van der Waals surface area (Å²) >= 11 is 0. The first-order valence-corrected chi connectivity index (χ1v) is 13.2. The van der Waals surface area contributed by atoms with Crippen molar-refractivity contribution in [3.05, 3.63) is 39.9 Å². The van der Waals surface area contributed by atoms with E-state index in [1.165, 1.54) is 32.1 Å². The second-order valence-corrected chi connectivity index (χ2v) is 10.2. The fraction of sp³-hybridized carbons (Fsp3) is 0.615. The molecule has 0 amide bonds. The van der Waals surface area contributed by atoms with Crippen LogP contribution in [0.15, 0.2) is 23.0 Å². The molecule has 9 heteroatoms. The SMILES string of the molecule is CC[C@H](c1nnnn1C1CCCC1)N(Cc1cc2cc3c(cc2[nH]c1=O)OCO3)C1CCCCC1. The van der Waals surface area contributed by atoms with Crippen LogP contribution in [0.3, 0.4) is 0 Å². The van der Waals surface area contributed by atoms with Crippen LogP contribution in [0.4, 0.5) is 0 Å². The van der Waals surface area contributed by atoms with Crippen molar-refractivity contribution in [2.75, 3.05) is 6.79 Å². The maximum absolute atomic E-state index is 13.2. The number of fused-ring (bicyclic) bond motifs is 2. The third-order valence-electron chi connectivity index (χ3n) is 8.08. The van der Waals surface area contributed by atoms with Crippen molar-refractivity contribution < 1.29 is 9.47 Å². The van der Waals surface area contributed by atoms with Crippen LogP contribution < -0.4 is 15.0 Å². The first-order chi connectivity index (χ1) is 17.2. The Balaban J connectivity index is 1.37. The third kappa shape index (κ3) is 4.30. The molecule has 1 atom stereocenters. The molecule has 2 saturated carbocycles. The first kappa shape index (κ1) is 22.5. The van der Waals surface area contributed by atoms with Gasteiger partial charge in [-0.2, -0.15) is 0 Å². The van der Waals surface area contributed by atoms with Crippen molar-refractivity contribution in [3.63, 3.8) is 0 Å².